The van der Waals surface area contributed by atoms with Crippen LogP contribution in [0.25, 0.3) is 0 Å². The number of nitrogens with zero attached hydrogens (tertiary/aromatic N) is 2. The fraction of sp³-hybridized carbons (Fsp3) is 0.688. The SMILES string of the molecule is CCOC(=O)C1=C(C)C(C#N)(C(=O)N2CCOCC2)CC(C)S1. The molecule has 0 saturated carbocycles. The van der Waals surface area contributed by atoms with Crippen molar-refractivity contribution in [1.29, 1.82) is 5.26 Å². The van der Waals surface area contributed by atoms with Gasteiger partial charge in [-0.2, -0.15) is 5.26 Å². The third kappa shape index (κ3) is 3.38. The van der Waals surface area contributed by atoms with Crippen LogP contribution in [0.15, 0.2) is 10.5 Å². The molecule has 0 aromatic carbocycles. The summed E-state index contributed by atoms with van der Waals surface area (Å²) in [5, 5.41) is 9.82. The highest BCUT2D eigenvalue weighted by Crippen LogP contribution is 2.47. The van der Waals surface area contributed by atoms with E-state index in [4.69, 9.17) is 9.47 Å². The largest absolute Gasteiger partial charge is 0.462 e. The van der Waals surface area contributed by atoms with Crippen LogP contribution in [0.5, 0.6) is 0 Å². The van der Waals surface area contributed by atoms with Gasteiger partial charge in [-0.25, -0.2) is 4.79 Å². The summed E-state index contributed by atoms with van der Waals surface area (Å²) in [6, 6.07) is 2.21. The van der Waals surface area contributed by atoms with E-state index in [9.17, 15) is 14.9 Å². The Morgan fingerprint density at radius 1 is 1.48 bits per heavy atom. The molecule has 2 unspecified atom stereocenters. The van der Waals surface area contributed by atoms with Gasteiger partial charge < -0.3 is 14.4 Å². The van der Waals surface area contributed by atoms with Crippen LogP contribution in [0.1, 0.15) is 27.2 Å². The number of esters is 1. The summed E-state index contributed by atoms with van der Waals surface area (Å²) in [5.74, 6) is -0.675. The molecule has 2 aliphatic rings. The van der Waals surface area contributed by atoms with Crippen LogP contribution in [0.3, 0.4) is 0 Å². The maximum Gasteiger partial charge on any atom is 0.344 e. The van der Waals surface area contributed by atoms with Gasteiger partial charge >= 0.3 is 5.97 Å². The van der Waals surface area contributed by atoms with Crippen LogP contribution in [-0.2, 0) is 19.1 Å². The number of carbonyl (C=O) groups is 2. The average molecular weight is 338 g/mol. The molecule has 23 heavy (non-hydrogen) atoms. The summed E-state index contributed by atoms with van der Waals surface area (Å²) in [6.45, 7) is 7.54. The summed E-state index contributed by atoms with van der Waals surface area (Å²) in [7, 11) is 0. The Hall–Kier alpha value is -1.52. The molecular weight excluding hydrogens is 316 g/mol. The van der Waals surface area contributed by atoms with Crippen molar-refractivity contribution in [2.75, 3.05) is 32.9 Å². The van der Waals surface area contributed by atoms with E-state index in [0.29, 0.717) is 43.2 Å². The van der Waals surface area contributed by atoms with Crippen LogP contribution < -0.4 is 0 Å². The van der Waals surface area contributed by atoms with E-state index in [1.54, 1.807) is 18.7 Å². The number of thioether (sulfide) groups is 1. The van der Waals surface area contributed by atoms with Gasteiger partial charge in [0, 0.05) is 18.3 Å². The number of nitriles is 1. The summed E-state index contributed by atoms with van der Waals surface area (Å²) in [6.07, 6.45) is 0.402. The molecule has 0 aromatic rings. The molecule has 126 valence electrons. The lowest BCUT2D eigenvalue weighted by atomic mass is 9.76. The normalized spacial score (nSPS) is 28.3. The van der Waals surface area contributed by atoms with E-state index < -0.39 is 11.4 Å². The van der Waals surface area contributed by atoms with E-state index in [2.05, 4.69) is 6.07 Å². The van der Waals surface area contributed by atoms with Crippen LogP contribution in [0.4, 0.5) is 0 Å². The van der Waals surface area contributed by atoms with Crippen molar-refractivity contribution < 1.29 is 19.1 Å². The third-order valence-electron chi connectivity index (χ3n) is 4.21. The maximum atomic E-state index is 13.0. The van der Waals surface area contributed by atoms with E-state index >= 15 is 0 Å². The number of hydrogen-bond acceptors (Lipinski definition) is 6. The lowest BCUT2D eigenvalue weighted by Crippen LogP contribution is -2.50. The summed E-state index contributed by atoms with van der Waals surface area (Å²) in [5.41, 5.74) is -0.776. The van der Waals surface area contributed by atoms with Gasteiger partial charge in [-0.15, -0.1) is 11.8 Å². The van der Waals surface area contributed by atoms with Gasteiger partial charge in [0.1, 0.15) is 0 Å². The van der Waals surface area contributed by atoms with Crippen LogP contribution in [0.2, 0.25) is 0 Å². The molecule has 2 rings (SSSR count). The van der Waals surface area contributed by atoms with Gasteiger partial charge in [-0.05, 0) is 25.8 Å². The molecule has 1 amide bonds. The number of carbonyl (C=O) groups excluding carboxylic acids is 2. The Bertz CT molecular complexity index is 563. The molecule has 0 aromatic heterocycles. The van der Waals surface area contributed by atoms with Crippen molar-refractivity contribution in [2.24, 2.45) is 5.41 Å². The topological polar surface area (TPSA) is 79.6 Å². The second-order valence-electron chi connectivity index (χ2n) is 5.73. The predicted octanol–water partition coefficient (Wildman–Crippen LogP) is 1.72. The first kappa shape index (κ1) is 17.8. The summed E-state index contributed by atoms with van der Waals surface area (Å²) >= 11 is 1.38. The predicted molar refractivity (Wildman–Crippen MR) is 86.4 cm³/mol. The molecule has 2 heterocycles. The van der Waals surface area contributed by atoms with Crippen molar-refractivity contribution in [3.8, 4) is 6.07 Å². The number of hydrogen-bond donors (Lipinski definition) is 0. The summed E-state index contributed by atoms with van der Waals surface area (Å²) < 4.78 is 10.4. The van der Waals surface area contributed by atoms with Crippen molar-refractivity contribution in [3.05, 3.63) is 10.5 Å². The van der Waals surface area contributed by atoms with E-state index in [-0.39, 0.29) is 17.8 Å². The number of morpholine rings is 1. The maximum absolute atomic E-state index is 13.0. The Morgan fingerprint density at radius 2 is 2.13 bits per heavy atom. The minimum atomic E-state index is -1.29. The van der Waals surface area contributed by atoms with Gasteiger partial charge in [0.25, 0.3) is 0 Å². The quantitative estimate of drug-likeness (QED) is 0.729. The Labute approximate surface area is 140 Å². The fourth-order valence-corrected chi connectivity index (χ4v) is 4.21. The Morgan fingerprint density at radius 3 is 2.70 bits per heavy atom. The summed E-state index contributed by atoms with van der Waals surface area (Å²) in [4.78, 5) is 27.3. The minimum Gasteiger partial charge on any atom is -0.462 e. The van der Waals surface area contributed by atoms with Gasteiger partial charge in [0.15, 0.2) is 5.41 Å². The van der Waals surface area contributed by atoms with Crippen molar-refractivity contribution in [1.82, 2.24) is 4.90 Å². The molecule has 1 saturated heterocycles. The molecule has 0 spiro atoms. The first-order valence-electron chi connectivity index (χ1n) is 7.79. The highest BCUT2D eigenvalue weighted by Gasteiger charge is 2.49. The molecular formula is C16H22N2O4S. The third-order valence-corrected chi connectivity index (χ3v) is 5.49. The van der Waals surface area contributed by atoms with E-state index in [0.717, 1.165) is 0 Å². The minimum absolute atomic E-state index is 0.0113. The molecule has 0 radical (unpaired) electrons. The first-order chi connectivity index (χ1) is 11.0. The van der Waals surface area contributed by atoms with Crippen molar-refractivity contribution in [3.63, 3.8) is 0 Å². The van der Waals surface area contributed by atoms with Gasteiger partial charge in [0.2, 0.25) is 5.91 Å². The van der Waals surface area contributed by atoms with Gasteiger partial charge in [-0.1, -0.05) is 6.92 Å². The molecule has 6 nitrogen and oxygen atoms in total. The monoisotopic (exact) mass is 338 g/mol. The Kier molecular flexibility index (Phi) is 5.71. The molecule has 2 aliphatic heterocycles. The van der Waals surface area contributed by atoms with E-state index in [1.165, 1.54) is 11.8 Å². The lowest BCUT2D eigenvalue weighted by Gasteiger charge is -2.39. The first-order valence-corrected chi connectivity index (χ1v) is 8.67. The molecule has 7 heteroatoms. The lowest BCUT2D eigenvalue weighted by molar-refractivity contribution is -0.142. The zero-order chi connectivity index (χ0) is 17.0. The number of ether oxygens (including phenoxy) is 2. The number of amides is 1. The Balaban J connectivity index is 2.41. The second kappa shape index (κ2) is 7.37. The fourth-order valence-electron chi connectivity index (χ4n) is 2.97. The highest BCUT2D eigenvalue weighted by atomic mass is 32.2. The van der Waals surface area contributed by atoms with Gasteiger partial charge in [0.05, 0.1) is 30.8 Å². The molecule has 0 bridgehead atoms. The van der Waals surface area contributed by atoms with Crippen LogP contribution in [-0.4, -0.2) is 54.9 Å². The van der Waals surface area contributed by atoms with E-state index in [1.807, 2.05) is 6.92 Å². The zero-order valence-corrected chi connectivity index (χ0v) is 14.6. The molecule has 0 aliphatic carbocycles. The van der Waals surface area contributed by atoms with Gasteiger partial charge in [-0.3, -0.25) is 4.79 Å². The number of rotatable bonds is 3. The van der Waals surface area contributed by atoms with Crippen LogP contribution >= 0.6 is 11.8 Å². The average Bonchev–Trinajstić information content (AvgIpc) is 2.57. The van der Waals surface area contributed by atoms with Crippen molar-refractivity contribution >= 4 is 23.6 Å². The molecule has 0 N–H and O–H groups in total. The van der Waals surface area contributed by atoms with Crippen molar-refractivity contribution in [2.45, 2.75) is 32.4 Å². The highest BCUT2D eigenvalue weighted by molar-refractivity contribution is 8.04. The second-order valence-corrected chi connectivity index (χ2v) is 7.18. The zero-order valence-electron chi connectivity index (χ0n) is 13.8. The molecule has 1 fully saturated rings. The standard InChI is InChI=1S/C16H22N2O4S/c1-4-22-14(19)13-12(3)16(10-17,9-11(2)23-13)15(20)18-5-7-21-8-6-18/h11H,4-9H2,1-3H3. The molecule has 2 atom stereocenters. The smallest absolute Gasteiger partial charge is 0.344 e. The van der Waals surface area contributed by atoms with Crippen LogP contribution in [0, 0.1) is 16.7 Å².